The highest BCUT2D eigenvalue weighted by atomic mass is 32.2. The quantitative estimate of drug-likeness (QED) is 0.189. The molecule has 0 unspecified atom stereocenters. The number of hydrogen-bond acceptors (Lipinski definition) is 4. The van der Waals surface area contributed by atoms with Gasteiger partial charge >= 0.3 is 0 Å². The molecule has 0 saturated heterocycles. The number of carbonyl (C=O) groups excluding carboxylic acids is 1. The first-order valence-corrected chi connectivity index (χ1v) is 15.3. The summed E-state index contributed by atoms with van der Waals surface area (Å²) in [5, 5.41) is 13.0. The molecule has 1 saturated carbocycles. The molecule has 0 aliphatic heterocycles. The lowest BCUT2D eigenvalue weighted by Crippen LogP contribution is -2.37. The van der Waals surface area contributed by atoms with E-state index in [0.717, 1.165) is 85.9 Å². The van der Waals surface area contributed by atoms with Crippen LogP contribution < -0.4 is 10.5 Å². The number of carbonyl (C=O) groups is 1. The Hall–Kier alpha value is -3.56. The summed E-state index contributed by atoms with van der Waals surface area (Å²) < 4.78 is 38.6. The predicted octanol–water partition coefficient (Wildman–Crippen LogP) is 5.85. The molecule has 7 nitrogen and oxygen atoms in total. The van der Waals surface area contributed by atoms with E-state index >= 15 is 0 Å². The monoisotopic (exact) mass is 564 g/mol. The number of primary sulfonamides is 1. The molecule has 0 atom stereocenters. The number of aryl methyl sites for hydroxylation is 1. The molecule has 0 spiro atoms. The molecule has 1 fully saturated rings. The van der Waals surface area contributed by atoms with Crippen LogP contribution >= 0.6 is 0 Å². The van der Waals surface area contributed by atoms with Crippen LogP contribution in [0.4, 0.5) is 4.39 Å². The summed E-state index contributed by atoms with van der Waals surface area (Å²) in [4.78, 5) is 12.2. The van der Waals surface area contributed by atoms with Gasteiger partial charge in [-0.15, -0.1) is 0 Å². The third-order valence-electron chi connectivity index (χ3n) is 7.25. The molecule has 212 valence electrons. The van der Waals surface area contributed by atoms with Gasteiger partial charge in [0.25, 0.3) is 0 Å². The average Bonchev–Trinajstić information content (AvgIpc) is 3.33. The SMILES string of the molecule is C=C1CC(=C)C1C(=O)NCCCCCCCCCc1cc(-c2ccc(F)cc2)n(-c2ccc(S(N)(=O)=O)cc2)n1. The number of unbranched alkanes of at least 4 members (excludes halogenated alkanes) is 6. The van der Waals surface area contributed by atoms with Crippen molar-refractivity contribution in [3.05, 3.63) is 90.4 Å². The minimum atomic E-state index is -3.79. The van der Waals surface area contributed by atoms with Crippen molar-refractivity contribution < 1.29 is 17.6 Å². The van der Waals surface area contributed by atoms with E-state index in [1.807, 2.05) is 6.07 Å². The van der Waals surface area contributed by atoms with Gasteiger partial charge in [0.1, 0.15) is 5.82 Å². The maximum atomic E-state index is 13.5. The van der Waals surface area contributed by atoms with Crippen LogP contribution in [0.2, 0.25) is 0 Å². The molecule has 9 heteroatoms. The third kappa shape index (κ3) is 7.55. The van der Waals surface area contributed by atoms with E-state index < -0.39 is 10.0 Å². The van der Waals surface area contributed by atoms with Crippen LogP contribution in [0, 0.1) is 11.7 Å². The molecule has 3 aromatic rings. The molecule has 1 aliphatic carbocycles. The van der Waals surface area contributed by atoms with Gasteiger partial charge in [-0.05, 0) is 80.3 Å². The topological polar surface area (TPSA) is 107 Å². The van der Waals surface area contributed by atoms with Crippen LogP contribution in [0.3, 0.4) is 0 Å². The normalized spacial score (nSPS) is 13.8. The van der Waals surface area contributed by atoms with E-state index in [-0.39, 0.29) is 22.5 Å². The molecule has 40 heavy (non-hydrogen) atoms. The van der Waals surface area contributed by atoms with Gasteiger partial charge in [0.05, 0.1) is 27.9 Å². The second-order valence-electron chi connectivity index (χ2n) is 10.4. The minimum absolute atomic E-state index is 0.0305. The van der Waals surface area contributed by atoms with Crippen LogP contribution in [0.1, 0.15) is 57.1 Å². The molecule has 4 rings (SSSR count). The molecular formula is C31H37FN4O3S. The van der Waals surface area contributed by atoms with Crippen molar-refractivity contribution in [1.29, 1.82) is 0 Å². The summed E-state index contributed by atoms with van der Waals surface area (Å²) in [6, 6.07) is 14.5. The number of sulfonamides is 1. The summed E-state index contributed by atoms with van der Waals surface area (Å²) in [6.45, 7) is 8.52. The van der Waals surface area contributed by atoms with Crippen LogP contribution in [0.15, 0.2) is 83.8 Å². The molecule has 0 radical (unpaired) electrons. The highest BCUT2D eigenvalue weighted by Crippen LogP contribution is 2.36. The fourth-order valence-corrected chi connectivity index (χ4v) is 5.52. The standard InChI is InChI=1S/C31H37FN4O3S/c1-22-20-23(2)30(22)31(37)34-19-9-7-5-3-4-6-8-10-26-21-29(24-11-13-25(32)14-12-24)36(35-26)27-15-17-28(18-16-27)40(33,38)39/h11-18,21,30H,1-10,19-20H2,(H,34,37)(H2,33,38,39). The maximum absolute atomic E-state index is 13.5. The lowest BCUT2D eigenvalue weighted by Gasteiger charge is -2.30. The molecule has 2 aromatic carbocycles. The highest BCUT2D eigenvalue weighted by molar-refractivity contribution is 7.89. The molecule has 1 amide bonds. The number of benzene rings is 2. The Kier molecular flexibility index (Phi) is 9.71. The van der Waals surface area contributed by atoms with E-state index in [1.54, 1.807) is 28.9 Å². The number of nitrogens with zero attached hydrogens (tertiary/aromatic N) is 2. The zero-order valence-corrected chi connectivity index (χ0v) is 23.6. The van der Waals surface area contributed by atoms with Crippen molar-refractivity contribution in [2.45, 2.75) is 62.7 Å². The highest BCUT2D eigenvalue weighted by Gasteiger charge is 2.32. The Bertz CT molecular complexity index is 1450. The van der Waals surface area contributed by atoms with Gasteiger partial charge < -0.3 is 5.32 Å². The largest absolute Gasteiger partial charge is 0.355 e. The molecule has 0 bridgehead atoms. The van der Waals surface area contributed by atoms with E-state index in [0.29, 0.717) is 12.2 Å². The van der Waals surface area contributed by atoms with Gasteiger partial charge in [-0.25, -0.2) is 22.6 Å². The van der Waals surface area contributed by atoms with Crippen LogP contribution in [0.25, 0.3) is 16.9 Å². The van der Waals surface area contributed by atoms with Crippen molar-refractivity contribution in [2.24, 2.45) is 11.1 Å². The zero-order chi connectivity index (χ0) is 28.7. The van der Waals surface area contributed by atoms with Crippen LogP contribution in [-0.4, -0.2) is 30.7 Å². The summed E-state index contributed by atoms with van der Waals surface area (Å²) in [7, 11) is -3.79. The number of nitrogens with one attached hydrogen (secondary N) is 1. The molecule has 1 aromatic heterocycles. The number of rotatable bonds is 14. The second kappa shape index (κ2) is 13.2. The van der Waals surface area contributed by atoms with Crippen molar-refractivity contribution in [3.8, 4) is 16.9 Å². The summed E-state index contributed by atoms with van der Waals surface area (Å²) in [5.41, 5.74) is 5.14. The van der Waals surface area contributed by atoms with Crippen molar-refractivity contribution >= 4 is 15.9 Å². The summed E-state index contributed by atoms with van der Waals surface area (Å²) >= 11 is 0. The van der Waals surface area contributed by atoms with Crippen LogP contribution in [0.5, 0.6) is 0 Å². The lowest BCUT2D eigenvalue weighted by molar-refractivity contribution is -0.123. The molecule has 1 heterocycles. The van der Waals surface area contributed by atoms with Gasteiger partial charge in [-0.2, -0.15) is 5.10 Å². The zero-order valence-electron chi connectivity index (χ0n) is 22.7. The lowest BCUT2D eigenvalue weighted by atomic mass is 9.75. The Labute approximate surface area is 236 Å². The number of aromatic nitrogens is 2. The molecule has 3 N–H and O–H groups in total. The maximum Gasteiger partial charge on any atom is 0.238 e. The first-order valence-electron chi connectivity index (χ1n) is 13.7. The van der Waals surface area contributed by atoms with Gasteiger partial charge in [0.15, 0.2) is 0 Å². The Morgan fingerprint density at radius 2 is 1.55 bits per heavy atom. The molecule has 1 aliphatic rings. The van der Waals surface area contributed by atoms with Crippen molar-refractivity contribution in [3.63, 3.8) is 0 Å². The Morgan fingerprint density at radius 3 is 2.15 bits per heavy atom. The minimum Gasteiger partial charge on any atom is -0.355 e. The van der Waals surface area contributed by atoms with Gasteiger partial charge in [0.2, 0.25) is 15.9 Å². The Morgan fingerprint density at radius 1 is 0.950 bits per heavy atom. The number of halogens is 1. The Balaban J connectivity index is 1.23. The van der Waals surface area contributed by atoms with E-state index in [9.17, 15) is 17.6 Å². The molecular weight excluding hydrogens is 527 g/mol. The summed E-state index contributed by atoms with van der Waals surface area (Å²) in [6.07, 6.45) is 9.13. The number of nitrogens with two attached hydrogens (primary N) is 1. The predicted molar refractivity (Wildman–Crippen MR) is 156 cm³/mol. The van der Waals surface area contributed by atoms with E-state index in [1.165, 1.54) is 24.3 Å². The fourth-order valence-electron chi connectivity index (χ4n) is 5.01. The summed E-state index contributed by atoms with van der Waals surface area (Å²) in [5.74, 6) is -0.468. The van der Waals surface area contributed by atoms with Gasteiger partial charge in [-0.3, -0.25) is 4.79 Å². The van der Waals surface area contributed by atoms with E-state index in [4.69, 9.17) is 10.2 Å². The fraction of sp³-hybridized carbons (Fsp3) is 0.355. The first-order chi connectivity index (χ1) is 19.1. The van der Waals surface area contributed by atoms with Crippen LogP contribution in [-0.2, 0) is 21.2 Å². The average molecular weight is 565 g/mol. The first kappa shape index (κ1) is 29.4. The number of hydrogen-bond donors (Lipinski definition) is 2. The number of amides is 1. The second-order valence-corrected chi connectivity index (χ2v) is 12.0. The third-order valence-corrected chi connectivity index (χ3v) is 8.18. The smallest absolute Gasteiger partial charge is 0.238 e. The van der Waals surface area contributed by atoms with Gasteiger partial charge in [0, 0.05) is 12.1 Å². The van der Waals surface area contributed by atoms with Crippen molar-refractivity contribution in [2.75, 3.05) is 6.54 Å². The van der Waals surface area contributed by atoms with Gasteiger partial charge in [-0.1, -0.05) is 56.4 Å². The van der Waals surface area contributed by atoms with E-state index in [2.05, 4.69) is 18.5 Å². The van der Waals surface area contributed by atoms with Crippen molar-refractivity contribution in [1.82, 2.24) is 15.1 Å².